The highest BCUT2D eigenvalue weighted by atomic mass is 16.6. The van der Waals surface area contributed by atoms with Gasteiger partial charge < -0.3 is 25.6 Å². The van der Waals surface area contributed by atoms with Gasteiger partial charge in [-0.05, 0) is 75.4 Å². The molecule has 2 atom stereocenters. The molecule has 8 nitrogen and oxygen atoms in total. The lowest BCUT2D eigenvalue weighted by molar-refractivity contribution is -0.142. The Labute approximate surface area is 262 Å². The van der Waals surface area contributed by atoms with Gasteiger partial charge in [0.2, 0.25) is 11.8 Å². The molecule has 3 amide bonds. The zero-order valence-electron chi connectivity index (χ0n) is 27.2. The molecule has 8 heteroatoms. The minimum Gasteiger partial charge on any atom is -0.444 e. The molecule has 0 fully saturated rings. The lowest BCUT2D eigenvalue weighted by atomic mass is 9.98. The summed E-state index contributed by atoms with van der Waals surface area (Å²) in [7, 11) is 3.41. The molecule has 3 aromatic carbocycles. The van der Waals surface area contributed by atoms with Crippen LogP contribution in [0.15, 0.2) is 84.9 Å². The molecule has 3 aromatic rings. The summed E-state index contributed by atoms with van der Waals surface area (Å²) in [5, 5.41) is 5.03. The molecule has 0 saturated carbocycles. The van der Waals surface area contributed by atoms with Crippen molar-refractivity contribution in [1.82, 2.24) is 15.1 Å². The van der Waals surface area contributed by atoms with Gasteiger partial charge >= 0.3 is 6.09 Å². The molecule has 0 spiro atoms. The van der Waals surface area contributed by atoms with Gasteiger partial charge in [-0.1, -0.05) is 78.9 Å². The quantitative estimate of drug-likeness (QED) is 0.268. The average Bonchev–Trinajstić information content (AvgIpc) is 2.96. The van der Waals surface area contributed by atoms with Crippen molar-refractivity contribution in [2.45, 2.75) is 77.1 Å². The maximum absolute atomic E-state index is 14.1. The van der Waals surface area contributed by atoms with Crippen LogP contribution in [0.4, 0.5) is 4.79 Å². The second-order valence-electron chi connectivity index (χ2n) is 13.0. The van der Waals surface area contributed by atoms with Gasteiger partial charge in [-0.25, -0.2) is 4.79 Å². The minimum absolute atomic E-state index is 0.180. The number of nitrogens with zero attached hydrogens (tertiary/aromatic N) is 2. The number of carbonyl (C=O) groups is 3. The fourth-order valence-corrected chi connectivity index (χ4v) is 5.01. The number of carbonyl (C=O) groups excluding carboxylic acids is 3. The Balaban J connectivity index is 1.81. The number of rotatable bonds is 12. The minimum atomic E-state index is -0.754. The van der Waals surface area contributed by atoms with E-state index in [0.29, 0.717) is 19.3 Å². The van der Waals surface area contributed by atoms with Gasteiger partial charge in [0.1, 0.15) is 11.6 Å². The average molecular weight is 601 g/mol. The Hall–Kier alpha value is -4.17. The summed E-state index contributed by atoms with van der Waals surface area (Å²) in [5.41, 5.74) is 6.94. The van der Waals surface area contributed by atoms with E-state index in [-0.39, 0.29) is 24.4 Å². The van der Waals surface area contributed by atoms with E-state index in [2.05, 4.69) is 11.4 Å². The molecule has 0 aliphatic carbocycles. The number of benzene rings is 3. The highest BCUT2D eigenvalue weighted by Crippen LogP contribution is 2.20. The molecular weight excluding hydrogens is 552 g/mol. The Bertz CT molecular complexity index is 1450. The molecule has 3 N–H and O–H groups in total. The molecule has 0 heterocycles. The molecular formula is C36H48N4O4. The van der Waals surface area contributed by atoms with E-state index >= 15 is 0 Å². The zero-order valence-corrected chi connectivity index (χ0v) is 27.2. The first-order valence-electron chi connectivity index (χ1n) is 15.1. The number of likely N-dealkylation sites (N-methyl/N-ethyl adjacent to an activating group) is 2. The Morgan fingerprint density at radius 1 is 0.841 bits per heavy atom. The fourth-order valence-electron chi connectivity index (χ4n) is 5.01. The van der Waals surface area contributed by atoms with Crippen LogP contribution >= 0.6 is 0 Å². The molecule has 0 radical (unpaired) electrons. The number of fused-ring (bicyclic) bond motifs is 1. The highest BCUT2D eigenvalue weighted by molar-refractivity contribution is 5.93. The molecule has 44 heavy (non-hydrogen) atoms. The number of hydrogen-bond donors (Lipinski definition) is 2. The van der Waals surface area contributed by atoms with Crippen molar-refractivity contribution in [3.8, 4) is 0 Å². The van der Waals surface area contributed by atoms with Crippen LogP contribution in [0.2, 0.25) is 0 Å². The second-order valence-corrected chi connectivity index (χ2v) is 13.0. The third-order valence-corrected chi connectivity index (χ3v) is 7.55. The van der Waals surface area contributed by atoms with Crippen molar-refractivity contribution in [1.29, 1.82) is 0 Å². The monoisotopic (exact) mass is 600 g/mol. The summed E-state index contributed by atoms with van der Waals surface area (Å²) in [6.07, 6.45) is 4.01. The number of nitrogens with one attached hydrogen (secondary N) is 1. The Kier molecular flexibility index (Phi) is 11.7. The lowest BCUT2D eigenvalue weighted by Gasteiger charge is -2.34. The van der Waals surface area contributed by atoms with Gasteiger partial charge in [-0.3, -0.25) is 9.59 Å². The van der Waals surface area contributed by atoms with E-state index < -0.39 is 23.3 Å². The van der Waals surface area contributed by atoms with Gasteiger partial charge in [-0.2, -0.15) is 0 Å². The summed E-state index contributed by atoms with van der Waals surface area (Å²) >= 11 is 0. The Morgan fingerprint density at radius 3 is 2.11 bits per heavy atom. The van der Waals surface area contributed by atoms with Gasteiger partial charge in [0.25, 0.3) is 0 Å². The van der Waals surface area contributed by atoms with E-state index in [1.807, 2.05) is 80.6 Å². The van der Waals surface area contributed by atoms with Crippen LogP contribution in [-0.2, 0) is 27.2 Å². The zero-order chi connectivity index (χ0) is 32.5. The third-order valence-electron chi connectivity index (χ3n) is 7.55. The van der Waals surface area contributed by atoms with Gasteiger partial charge in [0, 0.05) is 38.6 Å². The molecule has 236 valence electrons. The number of nitrogens with two attached hydrogens (primary N) is 1. The SMILES string of the molecule is CN(C(=O)[C@@H](Cc1ccc2ccccc2c1)N(C)C(=O)/C=C/CC(C)(C)NC(=O)OC(C)(C)C)[C@@H](CN)Cc1ccccc1. The number of alkyl carbamates (subject to hydrolysis) is 1. The summed E-state index contributed by atoms with van der Waals surface area (Å²) in [6.45, 7) is 9.42. The maximum atomic E-state index is 14.1. The van der Waals surface area contributed by atoms with Crippen molar-refractivity contribution >= 4 is 28.7 Å². The van der Waals surface area contributed by atoms with Crippen LogP contribution in [0.25, 0.3) is 10.8 Å². The topological polar surface area (TPSA) is 105 Å². The van der Waals surface area contributed by atoms with E-state index in [4.69, 9.17) is 10.5 Å². The smallest absolute Gasteiger partial charge is 0.408 e. The summed E-state index contributed by atoms with van der Waals surface area (Å²) in [5.74, 6) is -0.487. The molecule has 0 aromatic heterocycles. The van der Waals surface area contributed by atoms with Crippen LogP contribution in [0.5, 0.6) is 0 Å². The molecule has 3 rings (SSSR count). The number of hydrogen-bond acceptors (Lipinski definition) is 5. The van der Waals surface area contributed by atoms with Gasteiger partial charge in [-0.15, -0.1) is 0 Å². The fraction of sp³-hybridized carbons (Fsp3) is 0.417. The third kappa shape index (κ3) is 10.2. The van der Waals surface area contributed by atoms with Crippen molar-refractivity contribution in [3.05, 3.63) is 96.1 Å². The van der Waals surface area contributed by atoms with E-state index in [0.717, 1.165) is 21.9 Å². The number of amides is 3. The van der Waals surface area contributed by atoms with Crippen LogP contribution < -0.4 is 11.1 Å². The summed E-state index contributed by atoms with van der Waals surface area (Å²) in [6, 6.07) is 23.1. The maximum Gasteiger partial charge on any atom is 0.408 e. The van der Waals surface area contributed by atoms with Crippen molar-refractivity contribution in [2.75, 3.05) is 20.6 Å². The van der Waals surface area contributed by atoms with Crippen molar-refractivity contribution in [2.24, 2.45) is 5.73 Å². The molecule has 0 bridgehead atoms. The van der Waals surface area contributed by atoms with Gasteiger partial charge in [0.15, 0.2) is 0 Å². The first-order chi connectivity index (χ1) is 20.7. The highest BCUT2D eigenvalue weighted by Gasteiger charge is 2.32. The predicted octanol–water partition coefficient (Wildman–Crippen LogP) is 5.49. The first-order valence-corrected chi connectivity index (χ1v) is 15.1. The van der Waals surface area contributed by atoms with E-state index in [9.17, 15) is 14.4 Å². The van der Waals surface area contributed by atoms with E-state index in [1.165, 1.54) is 11.0 Å². The normalized spacial score (nSPS) is 13.4. The molecule has 0 aliphatic heterocycles. The van der Waals surface area contributed by atoms with Crippen LogP contribution in [-0.4, -0.2) is 71.6 Å². The van der Waals surface area contributed by atoms with Gasteiger partial charge in [0.05, 0.1) is 0 Å². The predicted molar refractivity (Wildman–Crippen MR) is 177 cm³/mol. The Morgan fingerprint density at radius 2 is 1.48 bits per heavy atom. The van der Waals surface area contributed by atoms with Crippen LogP contribution in [0.1, 0.15) is 52.2 Å². The molecule has 0 saturated heterocycles. The summed E-state index contributed by atoms with van der Waals surface area (Å²) in [4.78, 5) is 43.0. The largest absolute Gasteiger partial charge is 0.444 e. The standard InChI is InChI=1S/C36H48N4O4/c1-35(2,3)44-34(43)38-36(4,5)21-13-18-32(41)40(7)31(24-27-19-20-28-16-11-12-17-29(28)22-27)33(42)39(6)30(25-37)23-26-14-9-8-10-15-26/h8-20,22,30-31H,21,23-25,37H2,1-7H3,(H,38,43)/b18-13+/t30-,31-/m1/s1. The molecule has 0 aliphatic rings. The first kappa shape index (κ1) is 34.3. The van der Waals surface area contributed by atoms with E-state index in [1.54, 1.807) is 45.8 Å². The van der Waals surface area contributed by atoms with Crippen LogP contribution in [0.3, 0.4) is 0 Å². The van der Waals surface area contributed by atoms with Crippen LogP contribution in [0, 0.1) is 0 Å². The van der Waals surface area contributed by atoms with Crippen molar-refractivity contribution in [3.63, 3.8) is 0 Å². The number of ether oxygens (including phenoxy) is 1. The molecule has 0 unspecified atom stereocenters. The second kappa shape index (κ2) is 15.0. The lowest BCUT2D eigenvalue weighted by Crippen LogP contribution is -2.53. The summed E-state index contributed by atoms with van der Waals surface area (Å²) < 4.78 is 5.37. The van der Waals surface area contributed by atoms with Crippen molar-refractivity contribution < 1.29 is 19.1 Å².